The van der Waals surface area contributed by atoms with E-state index in [4.69, 9.17) is 9.47 Å². The second kappa shape index (κ2) is 4.41. The minimum Gasteiger partial charge on any atom is -0.493 e. The summed E-state index contributed by atoms with van der Waals surface area (Å²) >= 11 is 0. The van der Waals surface area contributed by atoms with Gasteiger partial charge in [0.2, 0.25) is 0 Å². The highest BCUT2D eigenvalue weighted by Crippen LogP contribution is 2.64. The first-order chi connectivity index (χ1) is 10.8. The summed E-state index contributed by atoms with van der Waals surface area (Å²) in [5.74, 6) is 3.59. The highest BCUT2D eigenvalue weighted by Gasteiger charge is 2.64. The van der Waals surface area contributed by atoms with Gasteiger partial charge >= 0.3 is 0 Å². The molecule has 22 heavy (non-hydrogen) atoms. The van der Waals surface area contributed by atoms with Crippen LogP contribution >= 0.6 is 0 Å². The third kappa shape index (κ3) is 1.37. The molecule has 1 saturated heterocycles. The quantitative estimate of drug-likeness (QED) is 0.910. The molecule has 118 valence electrons. The molecule has 5 rings (SSSR count). The van der Waals surface area contributed by atoms with Gasteiger partial charge < -0.3 is 14.8 Å². The lowest BCUT2D eigenvalue weighted by atomic mass is 9.49. The Labute approximate surface area is 132 Å². The number of hydrogen-bond donors (Lipinski definition) is 1. The van der Waals surface area contributed by atoms with Crippen molar-refractivity contribution in [3.05, 3.63) is 23.3 Å². The van der Waals surface area contributed by atoms with E-state index >= 15 is 0 Å². The van der Waals surface area contributed by atoms with Gasteiger partial charge in [-0.05, 0) is 55.7 Å². The molecule has 2 fully saturated rings. The summed E-state index contributed by atoms with van der Waals surface area (Å²) in [6.45, 7) is 3.50. The summed E-state index contributed by atoms with van der Waals surface area (Å²) < 4.78 is 12.2. The van der Waals surface area contributed by atoms with Crippen LogP contribution in [0.25, 0.3) is 0 Å². The van der Waals surface area contributed by atoms with Gasteiger partial charge in [-0.1, -0.05) is 19.4 Å². The average molecular weight is 299 g/mol. The van der Waals surface area contributed by atoms with Gasteiger partial charge in [0.15, 0.2) is 11.5 Å². The number of hydrogen-bond acceptors (Lipinski definition) is 3. The number of piperidine rings is 1. The summed E-state index contributed by atoms with van der Waals surface area (Å²) in [6.07, 6.45) is 6.58. The van der Waals surface area contributed by atoms with Gasteiger partial charge in [-0.25, -0.2) is 0 Å². The van der Waals surface area contributed by atoms with Crippen LogP contribution in [0.3, 0.4) is 0 Å². The minimum absolute atomic E-state index is 0.256. The molecular formula is C19H25NO2. The Morgan fingerprint density at radius 1 is 1.36 bits per heavy atom. The largest absolute Gasteiger partial charge is 0.493 e. The Morgan fingerprint density at radius 2 is 2.27 bits per heavy atom. The molecule has 5 atom stereocenters. The molecule has 0 radical (unpaired) electrons. The lowest BCUT2D eigenvalue weighted by Crippen LogP contribution is -2.65. The molecule has 0 amide bonds. The summed E-state index contributed by atoms with van der Waals surface area (Å²) in [4.78, 5) is 0. The highest BCUT2D eigenvalue weighted by atomic mass is 16.5. The van der Waals surface area contributed by atoms with Gasteiger partial charge in [0.25, 0.3) is 0 Å². The molecule has 4 aliphatic rings. The van der Waals surface area contributed by atoms with Crippen molar-refractivity contribution in [3.63, 3.8) is 0 Å². The van der Waals surface area contributed by atoms with Crippen LogP contribution in [-0.2, 0) is 11.8 Å². The molecule has 3 heteroatoms. The predicted molar refractivity (Wildman–Crippen MR) is 85.7 cm³/mol. The Balaban J connectivity index is 1.78. The third-order valence-corrected chi connectivity index (χ3v) is 6.97. The molecule has 2 bridgehead atoms. The number of ether oxygens (including phenoxy) is 2. The molecule has 2 aliphatic carbocycles. The van der Waals surface area contributed by atoms with Gasteiger partial charge in [0.05, 0.1) is 7.11 Å². The molecule has 1 N–H and O–H groups in total. The topological polar surface area (TPSA) is 30.5 Å². The van der Waals surface area contributed by atoms with E-state index < -0.39 is 0 Å². The molecule has 1 saturated carbocycles. The third-order valence-electron chi connectivity index (χ3n) is 6.97. The van der Waals surface area contributed by atoms with E-state index in [1.807, 2.05) is 0 Å². The van der Waals surface area contributed by atoms with Gasteiger partial charge in [-0.3, -0.25) is 0 Å². The van der Waals surface area contributed by atoms with Gasteiger partial charge in [0.1, 0.15) is 6.10 Å². The lowest BCUT2D eigenvalue weighted by Gasteiger charge is -2.57. The molecule has 1 aromatic carbocycles. The molecule has 0 aromatic heterocycles. The van der Waals surface area contributed by atoms with Crippen molar-refractivity contribution in [2.75, 3.05) is 13.7 Å². The molecule has 3 nitrogen and oxygen atoms in total. The van der Waals surface area contributed by atoms with E-state index in [1.165, 1.54) is 36.8 Å². The van der Waals surface area contributed by atoms with Crippen molar-refractivity contribution >= 4 is 0 Å². The molecule has 2 aliphatic heterocycles. The Hall–Kier alpha value is -1.22. The molecule has 2 heterocycles. The monoisotopic (exact) mass is 299 g/mol. The summed E-state index contributed by atoms with van der Waals surface area (Å²) in [6, 6.07) is 5.03. The number of benzene rings is 1. The predicted octanol–water partition coefficient (Wildman–Crippen LogP) is 3.05. The van der Waals surface area contributed by atoms with Crippen LogP contribution < -0.4 is 14.8 Å². The first-order valence-electron chi connectivity index (χ1n) is 8.90. The summed E-state index contributed by atoms with van der Waals surface area (Å²) in [7, 11) is 1.77. The fourth-order valence-electron chi connectivity index (χ4n) is 6.26. The smallest absolute Gasteiger partial charge is 0.165 e. The van der Waals surface area contributed by atoms with Crippen LogP contribution in [0.2, 0.25) is 0 Å². The van der Waals surface area contributed by atoms with Crippen LogP contribution in [0.5, 0.6) is 11.5 Å². The van der Waals surface area contributed by atoms with Crippen LogP contribution in [0.15, 0.2) is 12.1 Å². The minimum atomic E-state index is 0.256. The zero-order valence-electron chi connectivity index (χ0n) is 13.5. The van der Waals surface area contributed by atoms with Gasteiger partial charge in [-0.2, -0.15) is 0 Å². The maximum Gasteiger partial charge on any atom is 0.165 e. The van der Waals surface area contributed by atoms with Crippen molar-refractivity contribution in [1.82, 2.24) is 5.32 Å². The molecule has 1 spiro atoms. The fourth-order valence-corrected chi connectivity index (χ4v) is 6.26. The van der Waals surface area contributed by atoms with Crippen molar-refractivity contribution < 1.29 is 9.47 Å². The summed E-state index contributed by atoms with van der Waals surface area (Å²) in [5.41, 5.74) is 3.29. The Morgan fingerprint density at radius 3 is 3.09 bits per heavy atom. The van der Waals surface area contributed by atoms with Crippen LogP contribution in [0, 0.1) is 11.8 Å². The SMILES string of the molecule is CC[C@H]1CC[C@@H]2Oc3c(OC)ccc4c3[C@@]23CCN[C@H](C4)[C@H]13. The zero-order valence-corrected chi connectivity index (χ0v) is 13.5. The maximum absolute atomic E-state index is 6.54. The van der Waals surface area contributed by atoms with E-state index in [-0.39, 0.29) is 5.41 Å². The van der Waals surface area contributed by atoms with E-state index in [0.717, 1.165) is 36.3 Å². The van der Waals surface area contributed by atoms with E-state index in [9.17, 15) is 0 Å². The number of rotatable bonds is 2. The first kappa shape index (κ1) is 13.2. The molecular weight excluding hydrogens is 274 g/mol. The van der Waals surface area contributed by atoms with Crippen LogP contribution in [0.4, 0.5) is 0 Å². The second-order valence-electron chi connectivity index (χ2n) is 7.56. The molecule has 1 aromatic rings. The second-order valence-corrected chi connectivity index (χ2v) is 7.56. The van der Waals surface area contributed by atoms with Crippen molar-refractivity contribution in [2.45, 2.75) is 56.6 Å². The highest BCUT2D eigenvalue weighted by molar-refractivity contribution is 5.61. The van der Waals surface area contributed by atoms with Crippen LogP contribution in [0.1, 0.15) is 43.7 Å². The standard InChI is InChI=1S/C19H25NO2/c1-3-11-5-7-15-19-8-9-20-13(16(11)19)10-12-4-6-14(21-2)18(22-15)17(12)19/h4,6,11,13,15-16,20H,3,5,7-10H2,1-2H3/t11-,13+,15-,16-,19-/m0/s1. The zero-order chi connectivity index (χ0) is 14.9. The number of nitrogens with one attached hydrogen (secondary N) is 1. The van der Waals surface area contributed by atoms with Gasteiger partial charge in [0, 0.05) is 17.0 Å². The maximum atomic E-state index is 6.54. The van der Waals surface area contributed by atoms with Gasteiger partial charge in [-0.15, -0.1) is 0 Å². The Kier molecular flexibility index (Phi) is 2.65. The van der Waals surface area contributed by atoms with Crippen molar-refractivity contribution in [2.24, 2.45) is 11.8 Å². The normalized spacial score (nSPS) is 40.8. The van der Waals surface area contributed by atoms with Crippen molar-refractivity contribution in [3.8, 4) is 11.5 Å². The lowest BCUT2D eigenvalue weighted by molar-refractivity contribution is -0.0332. The summed E-state index contributed by atoms with van der Waals surface area (Å²) in [5, 5.41) is 3.84. The van der Waals surface area contributed by atoms with E-state index in [1.54, 1.807) is 7.11 Å². The van der Waals surface area contributed by atoms with E-state index in [0.29, 0.717) is 12.1 Å². The molecule has 0 unspecified atom stereocenters. The average Bonchev–Trinajstić information content (AvgIpc) is 2.87. The van der Waals surface area contributed by atoms with Crippen molar-refractivity contribution in [1.29, 1.82) is 0 Å². The fraction of sp³-hybridized carbons (Fsp3) is 0.684. The van der Waals surface area contributed by atoms with Crippen LogP contribution in [-0.4, -0.2) is 25.8 Å². The van der Waals surface area contributed by atoms with E-state index in [2.05, 4.69) is 24.4 Å². The Bertz CT molecular complexity index is 628. The number of methoxy groups -OCH3 is 1. The first-order valence-corrected chi connectivity index (χ1v) is 8.90.